The molecule has 2 aromatic rings. The lowest BCUT2D eigenvalue weighted by Crippen LogP contribution is -2.27. The van der Waals surface area contributed by atoms with Crippen molar-refractivity contribution >= 4 is 12.1 Å². The summed E-state index contributed by atoms with van der Waals surface area (Å²) in [6.07, 6.45) is 0.892. The highest BCUT2D eigenvalue weighted by Gasteiger charge is 2.34. The van der Waals surface area contributed by atoms with Gasteiger partial charge in [-0.15, -0.1) is 0 Å². The zero-order chi connectivity index (χ0) is 22.1. The van der Waals surface area contributed by atoms with E-state index in [1.54, 1.807) is 27.7 Å². The highest BCUT2D eigenvalue weighted by molar-refractivity contribution is 5.74. The Morgan fingerprint density at radius 3 is 2.60 bits per heavy atom. The molecule has 1 atom stereocenters. The maximum atomic E-state index is 14.9. The van der Waals surface area contributed by atoms with Crippen LogP contribution in [0, 0.1) is 17.6 Å². The fraction of sp³-hybridized carbons (Fsp3) is 0.476. The van der Waals surface area contributed by atoms with Crippen LogP contribution in [0.3, 0.4) is 0 Å². The van der Waals surface area contributed by atoms with E-state index in [-0.39, 0.29) is 42.9 Å². The highest BCUT2D eigenvalue weighted by atomic mass is 19.1. The van der Waals surface area contributed by atoms with Gasteiger partial charge in [-0.1, -0.05) is 0 Å². The summed E-state index contributed by atoms with van der Waals surface area (Å²) in [5.74, 6) is -2.69. The minimum atomic E-state index is -0.704. The van der Waals surface area contributed by atoms with Crippen LogP contribution in [-0.4, -0.2) is 34.1 Å². The Bertz CT molecular complexity index is 965. The number of nitrogens with zero attached hydrogens (tertiary/aromatic N) is 2. The molecule has 1 heterocycles. The Labute approximate surface area is 172 Å². The first kappa shape index (κ1) is 21.7. The standard InChI is InChI=1S/C21H24F2N2O5/c1-5-28-19(26)12-8-14-15(9-12)18(23)17(10-16(14)22)29-11-13-6-7-25(24-13)20(27)30-21(2,3)4/h6-7,10,12H,5,8-9,11H2,1-4H3. The Morgan fingerprint density at radius 2 is 1.93 bits per heavy atom. The summed E-state index contributed by atoms with van der Waals surface area (Å²) < 4.78 is 45.9. The molecule has 1 unspecified atom stereocenters. The van der Waals surface area contributed by atoms with Crippen LogP contribution in [-0.2, 0) is 33.7 Å². The van der Waals surface area contributed by atoms with Crippen molar-refractivity contribution in [2.75, 3.05) is 6.61 Å². The van der Waals surface area contributed by atoms with Gasteiger partial charge in [-0.25, -0.2) is 13.6 Å². The van der Waals surface area contributed by atoms with Crippen LogP contribution in [0.15, 0.2) is 18.3 Å². The number of ether oxygens (including phenoxy) is 3. The van der Waals surface area contributed by atoms with Crippen LogP contribution < -0.4 is 4.74 Å². The quantitative estimate of drug-likeness (QED) is 0.682. The van der Waals surface area contributed by atoms with E-state index in [9.17, 15) is 18.4 Å². The largest absolute Gasteiger partial charge is 0.484 e. The summed E-state index contributed by atoms with van der Waals surface area (Å²) in [6.45, 7) is 6.91. The van der Waals surface area contributed by atoms with Gasteiger partial charge in [0.05, 0.1) is 12.5 Å². The average molecular weight is 422 g/mol. The number of aromatic nitrogens is 2. The van der Waals surface area contributed by atoms with E-state index in [1.165, 1.54) is 12.3 Å². The number of hydrogen-bond acceptors (Lipinski definition) is 6. The van der Waals surface area contributed by atoms with Crippen LogP contribution in [0.25, 0.3) is 0 Å². The molecule has 0 saturated carbocycles. The van der Waals surface area contributed by atoms with Crippen molar-refractivity contribution in [3.05, 3.63) is 46.8 Å². The van der Waals surface area contributed by atoms with Gasteiger partial charge in [-0.05, 0) is 57.7 Å². The van der Waals surface area contributed by atoms with E-state index in [4.69, 9.17) is 14.2 Å². The molecule has 0 aliphatic heterocycles. The van der Waals surface area contributed by atoms with E-state index in [0.717, 1.165) is 10.7 Å². The minimum absolute atomic E-state index is 0.0569. The van der Waals surface area contributed by atoms with Gasteiger partial charge >= 0.3 is 12.1 Å². The van der Waals surface area contributed by atoms with Gasteiger partial charge < -0.3 is 14.2 Å². The molecule has 30 heavy (non-hydrogen) atoms. The van der Waals surface area contributed by atoms with Crippen LogP contribution in [0.4, 0.5) is 13.6 Å². The van der Waals surface area contributed by atoms with Crippen molar-refractivity contribution in [1.29, 1.82) is 0 Å². The third-order valence-electron chi connectivity index (χ3n) is 4.51. The average Bonchev–Trinajstić information content (AvgIpc) is 3.30. The van der Waals surface area contributed by atoms with Gasteiger partial charge in [0, 0.05) is 12.3 Å². The number of carbonyl (C=O) groups excluding carboxylic acids is 2. The molecule has 1 aromatic carbocycles. The summed E-state index contributed by atoms with van der Waals surface area (Å²) in [5.41, 5.74) is -0.0355. The first-order valence-electron chi connectivity index (χ1n) is 9.66. The topological polar surface area (TPSA) is 79.7 Å². The van der Waals surface area contributed by atoms with Crippen molar-refractivity contribution in [2.24, 2.45) is 5.92 Å². The molecule has 162 valence electrons. The predicted octanol–water partition coefficient (Wildman–Crippen LogP) is 3.80. The fourth-order valence-electron chi connectivity index (χ4n) is 3.22. The summed E-state index contributed by atoms with van der Waals surface area (Å²) in [7, 11) is 0. The number of halogens is 2. The van der Waals surface area contributed by atoms with Gasteiger partial charge in [-0.3, -0.25) is 4.79 Å². The van der Waals surface area contributed by atoms with E-state index in [2.05, 4.69) is 5.10 Å². The molecule has 0 bridgehead atoms. The van der Waals surface area contributed by atoms with Crippen molar-refractivity contribution < 1.29 is 32.6 Å². The van der Waals surface area contributed by atoms with Gasteiger partial charge in [-0.2, -0.15) is 9.78 Å². The van der Waals surface area contributed by atoms with Crippen molar-refractivity contribution in [1.82, 2.24) is 9.78 Å². The number of rotatable bonds is 5. The normalized spacial score (nSPS) is 15.6. The van der Waals surface area contributed by atoms with Crippen LogP contribution in [0.5, 0.6) is 5.75 Å². The SMILES string of the molecule is CCOC(=O)C1Cc2c(F)cc(OCc3ccn(C(=O)OC(C)(C)C)n3)c(F)c2C1. The summed E-state index contributed by atoms with van der Waals surface area (Å²) in [5, 5.41) is 4.03. The van der Waals surface area contributed by atoms with E-state index >= 15 is 0 Å². The summed E-state index contributed by atoms with van der Waals surface area (Å²) in [4.78, 5) is 23.9. The number of esters is 1. The molecule has 1 aromatic heterocycles. The molecule has 3 rings (SSSR count). The van der Waals surface area contributed by atoms with Gasteiger partial charge in [0.15, 0.2) is 11.6 Å². The minimum Gasteiger partial charge on any atom is -0.484 e. The maximum Gasteiger partial charge on any atom is 0.435 e. The molecule has 7 nitrogen and oxygen atoms in total. The fourth-order valence-corrected chi connectivity index (χ4v) is 3.22. The molecule has 0 radical (unpaired) electrons. The maximum absolute atomic E-state index is 14.9. The second-order valence-corrected chi connectivity index (χ2v) is 8.01. The van der Waals surface area contributed by atoms with Crippen LogP contribution in [0.1, 0.15) is 44.5 Å². The monoisotopic (exact) mass is 422 g/mol. The molecule has 1 aliphatic rings. The summed E-state index contributed by atoms with van der Waals surface area (Å²) in [6, 6.07) is 2.48. The van der Waals surface area contributed by atoms with E-state index < -0.39 is 35.2 Å². The van der Waals surface area contributed by atoms with Crippen molar-refractivity contribution in [2.45, 2.75) is 52.7 Å². The first-order chi connectivity index (χ1) is 14.1. The Hall–Kier alpha value is -2.97. The third kappa shape index (κ3) is 4.77. The lowest BCUT2D eigenvalue weighted by Gasteiger charge is -2.18. The smallest absolute Gasteiger partial charge is 0.435 e. The molecule has 0 amide bonds. The Morgan fingerprint density at radius 1 is 1.23 bits per heavy atom. The van der Waals surface area contributed by atoms with Gasteiger partial charge in [0.25, 0.3) is 0 Å². The van der Waals surface area contributed by atoms with E-state index in [1.807, 2.05) is 0 Å². The molecule has 9 heteroatoms. The van der Waals surface area contributed by atoms with Gasteiger partial charge in [0.2, 0.25) is 0 Å². The van der Waals surface area contributed by atoms with Gasteiger partial charge in [0.1, 0.15) is 23.7 Å². The zero-order valence-corrected chi connectivity index (χ0v) is 17.3. The Kier molecular flexibility index (Phi) is 6.09. The second kappa shape index (κ2) is 8.41. The molecular formula is C21H24F2N2O5. The van der Waals surface area contributed by atoms with Crippen LogP contribution >= 0.6 is 0 Å². The first-order valence-corrected chi connectivity index (χ1v) is 9.66. The number of hydrogen-bond donors (Lipinski definition) is 0. The molecule has 0 spiro atoms. The highest BCUT2D eigenvalue weighted by Crippen LogP contribution is 2.36. The summed E-state index contributed by atoms with van der Waals surface area (Å²) >= 11 is 0. The molecule has 1 aliphatic carbocycles. The number of carbonyl (C=O) groups is 2. The molecular weight excluding hydrogens is 398 g/mol. The van der Waals surface area contributed by atoms with Crippen molar-refractivity contribution in [3.63, 3.8) is 0 Å². The van der Waals surface area contributed by atoms with E-state index in [0.29, 0.717) is 5.69 Å². The zero-order valence-electron chi connectivity index (χ0n) is 17.3. The molecule has 0 N–H and O–H groups in total. The lowest BCUT2D eigenvalue weighted by atomic mass is 10.1. The number of fused-ring (bicyclic) bond motifs is 1. The second-order valence-electron chi connectivity index (χ2n) is 8.01. The predicted molar refractivity (Wildman–Crippen MR) is 102 cm³/mol. The third-order valence-corrected chi connectivity index (χ3v) is 4.51. The van der Waals surface area contributed by atoms with Crippen molar-refractivity contribution in [3.8, 4) is 5.75 Å². The molecule has 0 saturated heterocycles. The number of benzene rings is 1. The lowest BCUT2D eigenvalue weighted by molar-refractivity contribution is -0.147. The molecule has 0 fully saturated rings. The Balaban J connectivity index is 1.70. The van der Waals surface area contributed by atoms with Crippen LogP contribution in [0.2, 0.25) is 0 Å².